The van der Waals surface area contributed by atoms with Gasteiger partial charge in [0.2, 0.25) is 0 Å². The summed E-state index contributed by atoms with van der Waals surface area (Å²) >= 11 is 0. The van der Waals surface area contributed by atoms with Crippen LogP contribution in [0.25, 0.3) is 0 Å². The summed E-state index contributed by atoms with van der Waals surface area (Å²) in [6.07, 6.45) is 11.1. The average molecular weight is 467 g/mol. The smallest absolute Gasteiger partial charge is 0.744 e. The molecule has 0 N–H and O–H groups in total. The van der Waals surface area contributed by atoms with E-state index in [4.69, 9.17) is 14.2 Å². The van der Waals surface area contributed by atoms with Gasteiger partial charge in [-0.1, -0.05) is 58.8 Å². The molecule has 0 aliphatic rings. The van der Waals surface area contributed by atoms with Crippen LogP contribution in [-0.2, 0) is 21.3 Å². The first-order valence-corrected chi connectivity index (χ1v) is 12.7. The molecule has 1 aromatic carbocycles. The van der Waals surface area contributed by atoms with Crippen LogP contribution in [0.4, 0.5) is 0 Å². The van der Waals surface area contributed by atoms with Gasteiger partial charge >= 0.3 is 29.6 Å². The zero-order chi connectivity index (χ0) is 22.2. The van der Waals surface area contributed by atoms with Crippen LogP contribution in [0.1, 0.15) is 83.6 Å². The first-order valence-electron chi connectivity index (χ1n) is 11.3. The van der Waals surface area contributed by atoms with E-state index in [9.17, 15) is 13.0 Å². The Labute approximate surface area is 211 Å². The molecule has 0 aliphatic heterocycles. The standard InChI is InChI=1S/C23H40O6S.Na/c1-4-6-8-9-10-12-17-29-22-19-23(30(24,25)26)20(18-21(22)27-3)14-13-16-28-15-11-7-5-2;/h18-19H,4-17H2,1-3H3,(H,24,25,26);/q;+1/p-1. The number of benzene rings is 1. The molecule has 0 unspecified atom stereocenters. The van der Waals surface area contributed by atoms with Crippen molar-refractivity contribution in [2.75, 3.05) is 26.9 Å². The van der Waals surface area contributed by atoms with E-state index in [0.717, 1.165) is 38.5 Å². The maximum absolute atomic E-state index is 11.8. The second-order valence-electron chi connectivity index (χ2n) is 7.60. The van der Waals surface area contributed by atoms with E-state index < -0.39 is 10.1 Å². The third-order valence-electron chi connectivity index (χ3n) is 5.00. The molecule has 0 saturated carbocycles. The minimum atomic E-state index is -4.61. The molecule has 0 spiro atoms. The first-order chi connectivity index (χ1) is 14.4. The molecule has 31 heavy (non-hydrogen) atoms. The van der Waals surface area contributed by atoms with Crippen molar-refractivity contribution in [3.8, 4) is 11.5 Å². The summed E-state index contributed by atoms with van der Waals surface area (Å²) in [5, 5.41) is 0. The van der Waals surface area contributed by atoms with Crippen molar-refractivity contribution in [1.82, 2.24) is 0 Å². The quantitative estimate of drug-likeness (QED) is 0.188. The molecule has 6 nitrogen and oxygen atoms in total. The number of ether oxygens (including phenoxy) is 3. The van der Waals surface area contributed by atoms with Crippen molar-refractivity contribution in [2.45, 2.75) is 89.4 Å². The van der Waals surface area contributed by atoms with Crippen molar-refractivity contribution in [3.05, 3.63) is 17.7 Å². The van der Waals surface area contributed by atoms with Gasteiger partial charge in [-0.05, 0) is 37.3 Å². The molecule has 0 aliphatic carbocycles. The summed E-state index contributed by atoms with van der Waals surface area (Å²) < 4.78 is 52.1. The molecule has 1 rings (SSSR count). The molecule has 0 atom stereocenters. The van der Waals surface area contributed by atoms with Crippen LogP contribution in [0.2, 0.25) is 0 Å². The fourth-order valence-electron chi connectivity index (χ4n) is 3.27. The zero-order valence-corrected chi connectivity index (χ0v) is 22.7. The molecular formula is C23H39NaO6S. The summed E-state index contributed by atoms with van der Waals surface area (Å²) in [5.74, 6) is 0.757. The van der Waals surface area contributed by atoms with E-state index in [2.05, 4.69) is 13.8 Å². The number of aryl methyl sites for hydroxylation is 1. The summed E-state index contributed by atoms with van der Waals surface area (Å²) in [6, 6.07) is 2.92. The SMILES string of the molecule is CCCCCCCCOc1cc(S(=O)(=O)[O-])c(CCCOCCCCC)cc1OC.[Na+]. The Morgan fingerprint density at radius 3 is 2.03 bits per heavy atom. The Morgan fingerprint density at radius 1 is 0.806 bits per heavy atom. The fourth-order valence-corrected chi connectivity index (χ4v) is 4.00. The molecule has 174 valence electrons. The van der Waals surface area contributed by atoms with Gasteiger partial charge in [0.1, 0.15) is 10.1 Å². The third-order valence-corrected chi connectivity index (χ3v) is 5.92. The third kappa shape index (κ3) is 13.1. The van der Waals surface area contributed by atoms with E-state index >= 15 is 0 Å². The van der Waals surface area contributed by atoms with Gasteiger partial charge in [0, 0.05) is 19.3 Å². The molecule has 0 heterocycles. The fraction of sp³-hybridized carbons (Fsp3) is 0.739. The van der Waals surface area contributed by atoms with E-state index in [1.807, 2.05) is 0 Å². The maximum Gasteiger partial charge on any atom is 1.00 e. The van der Waals surface area contributed by atoms with E-state index in [0.29, 0.717) is 49.7 Å². The van der Waals surface area contributed by atoms with Crippen LogP contribution in [-0.4, -0.2) is 39.9 Å². The van der Waals surface area contributed by atoms with Crippen molar-refractivity contribution in [2.24, 2.45) is 0 Å². The van der Waals surface area contributed by atoms with Crippen LogP contribution < -0.4 is 39.0 Å². The van der Waals surface area contributed by atoms with Crippen molar-refractivity contribution in [1.29, 1.82) is 0 Å². The molecule has 0 amide bonds. The van der Waals surface area contributed by atoms with Gasteiger partial charge in [-0.3, -0.25) is 0 Å². The number of unbranched alkanes of at least 4 members (excludes halogenated alkanes) is 7. The minimum absolute atomic E-state index is 0. The Balaban J connectivity index is 0.00000900. The van der Waals surface area contributed by atoms with E-state index in [1.165, 1.54) is 32.4 Å². The first kappa shape index (κ1) is 30.7. The summed E-state index contributed by atoms with van der Waals surface area (Å²) in [7, 11) is -3.09. The van der Waals surface area contributed by atoms with Crippen molar-refractivity contribution >= 4 is 10.1 Å². The second kappa shape index (κ2) is 18.2. The van der Waals surface area contributed by atoms with Gasteiger partial charge < -0.3 is 18.8 Å². The van der Waals surface area contributed by atoms with E-state index in [-0.39, 0.29) is 34.5 Å². The van der Waals surface area contributed by atoms with Crippen molar-refractivity contribution in [3.63, 3.8) is 0 Å². The topological polar surface area (TPSA) is 84.9 Å². The normalized spacial score (nSPS) is 11.2. The van der Waals surface area contributed by atoms with Crippen LogP contribution >= 0.6 is 0 Å². The number of methoxy groups -OCH3 is 1. The molecule has 0 radical (unpaired) electrons. The summed E-state index contributed by atoms with van der Waals surface area (Å²) in [6.45, 7) is 6.02. The monoisotopic (exact) mass is 466 g/mol. The van der Waals surface area contributed by atoms with Gasteiger partial charge in [-0.25, -0.2) is 8.42 Å². The minimum Gasteiger partial charge on any atom is -0.744 e. The number of rotatable bonds is 18. The summed E-state index contributed by atoms with van der Waals surface area (Å²) in [4.78, 5) is -0.229. The van der Waals surface area contributed by atoms with Gasteiger partial charge in [0.25, 0.3) is 0 Å². The Hall–Kier alpha value is -0.310. The summed E-state index contributed by atoms with van der Waals surface area (Å²) in [5.41, 5.74) is 0.450. The van der Waals surface area contributed by atoms with Gasteiger partial charge in [-0.15, -0.1) is 0 Å². The molecule has 0 aromatic heterocycles. The molecular weight excluding hydrogens is 427 g/mol. The van der Waals surface area contributed by atoms with Crippen LogP contribution in [0, 0.1) is 0 Å². The molecule has 0 fully saturated rings. The Bertz CT molecular complexity index is 694. The second-order valence-corrected chi connectivity index (χ2v) is 8.95. The van der Waals surface area contributed by atoms with Gasteiger partial charge in [0.15, 0.2) is 11.5 Å². The average Bonchev–Trinajstić information content (AvgIpc) is 2.71. The molecule has 0 bridgehead atoms. The maximum atomic E-state index is 11.8. The van der Waals surface area contributed by atoms with Crippen LogP contribution in [0.15, 0.2) is 17.0 Å². The van der Waals surface area contributed by atoms with Crippen LogP contribution in [0.3, 0.4) is 0 Å². The molecule has 1 aromatic rings. The van der Waals surface area contributed by atoms with Crippen molar-refractivity contribution < 1.29 is 56.7 Å². The predicted molar refractivity (Wildman–Crippen MR) is 118 cm³/mol. The Kier molecular flexibility index (Phi) is 18.0. The predicted octanol–water partition coefficient (Wildman–Crippen LogP) is 2.48. The largest absolute Gasteiger partial charge is 1.00 e. The van der Waals surface area contributed by atoms with Gasteiger partial charge in [0.05, 0.1) is 18.6 Å². The van der Waals surface area contributed by atoms with Crippen LogP contribution in [0.5, 0.6) is 11.5 Å². The molecule has 0 saturated heterocycles. The Morgan fingerprint density at radius 2 is 1.39 bits per heavy atom. The number of hydrogen-bond donors (Lipinski definition) is 0. The van der Waals surface area contributed by atoms with Gasteiger partial charge in [-0.2, -0.15) is 0 Å². The zero-order valence-electron chi connectivity index (χ0n) is 19.9. The number of hydrogen-bond acceptors (Lipinski definition) is 6. The van der Waals surface area contributed by atoms with E-state index in [1.54, 1.807) is 6.07 Å². The molecule has 8 heteroatoms.